The number of fused-ring (bicyclic) bond motifs is 6. The summed E-state index contributed by atoms with van der Waals surface area (Å²) in [5, 5.41) is 0.367. The number of carbonyl (C=O) groups is 3. The van der Waals surface area contributed by atoms with Crippen molar-refractivity contribution in [3.8, 4) is 5.75 Å². The van der Waals surface area contributed by atoms with E-state index in [9.17, 15) is 19.2 Å². The smallest absolute Gasteiger partial charge is 0.348 e. The number of furan rings is 1. The Bertz CT molecular complexity index is 1420. The molecule has 0 saturated carbocycles. The van der Waals surface area contributed by atoms with Crippen LogP contribution in [-0.4, -0.2) is 17.5 Å². The van der Waals surface area contributed by atoms with Gasteiger partial charge in [-0.15, -0.1) is 0 Å². The Morgan fingerprint density at radius 1 is 0.893 bits per heavy atom. The molecule has 0 saturated heterocycles. The quantitative estimate of drug-likeness (QED) is 0.252. The van der Waals surface area contributed by atoms with E-state index in [-0.39, 0.29) is 44.8 Å². The molecule has 0 atom stereocenters. The zero-order valence-electron chi connectivity index (χ0n) is 14.4. The molecule has 0 spiro atoms. The van der Waals surface area contributed by atoms with E-state index in [0.29, 0.717) is 5.39 Å². The summed E-state index contributed by atoms with van der Waals surface area (Å²) in [6, 6.07) is 11.0. The predicted octanol–water partition coefficient (Wildman–Crippen LogP) is 3.24. The maximum absolute atomic E-state index is 13.2. The fraction of sp³-hybridized carbons (Fsp3) is 0.0476. The van der Waals surface area contributed by atoms with E-state index in [4.69, 9.17) is 13.6 Å². The number of para-hydroxylation sites is 1. The normalized spacial score (nSPS) is 12.9. The highest BCUT2D eigenvalue weighted by Gasteiger charge is 2.39. The first-order valence-electron chi connectivity index (χ1n) is 8.36. The lowest BCUT2D eigenvalue weighted by molar-refractivity contribution is -0.131. The zero-order valence-corrected chi connectivity index (χ0v) is 14.4. The first-order chi connectivity index (χ1) is 13.5. The molecule has 7 nitrogen and oxygen atoms in total. The first kappa shape index (κ1) is 16.2. The summed E-state index contributed by atoms with van der Waals surface area (Å²) in [7, 11) is 0. The number of rotatable bonds is 1. The molecule has 0 radical (unpaired) electrons. The largest absolute Gasteiger partial charge is 0.451 e. The van der Waals surface area contributed by atoms with E-state index < -0.39 is 23.2 Å². The van der Waals surface area contributed by atoms with Crippen LogP contribution in [0.25, 0.3) is 21.9 Å². The van der Waals surface area contributed by atoms with E-state index in [2.05, 4.69) is 0 Å². The SMILES string of the molecule is CC(=O)Oc1cccc2c1C(=O)c1c(oc3c1c(=O)oc1ccccc13)C2=O. The molecule has 0 aliphatic heterocycles. The van der Waals surface area contributed by atoms with Gasteiger partial charge in [0, 0.05) is 12.5 Å². The highest BCUT2D eigenvalue weighted by molar-refractivity contribution is 6.33. The van der Waals surface area contributed by atoms with Crippen molar-refractivity contribution < 1.29 is 28.0 Å². The highest BCUT2D eigenvalue weighted by atomic mass is 16.5. The van der Waals surface area contributed by atoms with Crippen LogP contribution in [0.4, 0.5) is 0 Å². The number of hydrogen-bond donors (Lipinski definition) is 0. The molecule has 0 fully saturated rings. The molecular weight excluding hydrogens is 364 g/mol. The Balaban J connectivity index is 1.89. The fourth-order valence-electron chi connectivity index (χ4n) is 3.53. The predicted molar refractivity (Wildman–Crippen MR) is 96.9 cm³/mol. The number of benzene rings is 2. The lowest BCUT2D eigenvalue weighted by atomic mass is 9.86. The minimum absolute atomic E-state index is 0.0454. The molecule has 1 aliphatic carbocycles. The van der Waals surface area contributed by atoms with Gasteiger partial charge >= 0.3 is 11.6 Å². The molecule has 4 aromatic rings. The summed E-state index contributed by atoms with van der Waals surface area (Å²) >= 11 is 0. The topological polar surface area (TPSA) is 104 Å². The van der Waals surface area contributed by atoms with Gasteiger partial charge in [-0.2, -0.15) is 0 Å². The summed E-state index contributed by atoms with van der Waals surface area (Å²) < 4.78 is 16.1. The summed E-state index contributed by atoms with van der Waals surface area (Å²) in [5.41, 5.74) is -0.598. The molecule has 0 bridgehead atoms. The minimum atomic E-state index is -0.784. The second kappa shape index (κ2) is 5.50. The van der Waals surface area contributed by atoms with Crippen LogP contribution in [0, 0.1) is 0 Å². The Morgan fingerprint density at radius 2 is 1.68 bits per heavy atom. The van der Waals surface area contributed by atoms with E-state index in [1.807, 2.05) is 0 Å². The molecule has 2 aromatic heterocycles. The third-order valence-corrected chi connectivity index (χ3v) is 4.63. The Kier molecular flexibility index (Phi) is 3.18. The number of ether oxygens (including phenoxy) is 1. The van der Waals surface area contributed by atoms with Crippen LogP contribution in [0.3, 0.4) is 0 Å². The summed E-state index contributed by atoms with van der Waals surface area (Å²) in [5.74, 6) is -2.12. The highest BCUT2D eigenvalue weighted by Crippen LogP contribution is 2.39. The van der Waals surface area contributed by atoms with E-state index in [1.54, 1.807) is 24.3 Å². The molecule has 7 heteroatoms. The van der Waals surface area contributed by atoms with Crippen LogP contribution in [0.2, 0.25) is 0 Å². The maximum atomic E-state index is 13.2. The molecule has 2 aromatic carbocycles. The Morgan fingerprint density at radius 3 is 2.46 bits per heavy atom. The average molecular weight is 374 g/mol. The average Bonchev–Trinajstić information content (AvgIpc) is 3.08. The number of ketones is 2. The van der Waals surface area contributed by atoms with Crippen LogP contribution in [0.5, 0.6) is 5.75 Å². The lowest BCUT2D eigenvalue weighted by Gasteiger charge is -2.16. The van der Waals surface area contributed by atoms with Gasteiger partial charge < -0.3 is 13.6 Å². The van der Waals surface area contributed by atoms with Gasteiger partial charge in [0.2, 0.25) is 11.6 Å². The Hall–Kier alpha value is -4.00. The zero-order chi connectivity index (χ0) is 19.6. The van der Waals surface area contributed by atoms with Gasteiger partial charge in [0.25, 0.3) is 0 Å². The van der Waals surface area contributed by atoms with Crippen molar-refractivity contribution in [1.29, 1.82) is 0 Å². The third kappa shape index (κ3) is 2.04. The Labute approximate surface area is 156 Å². The molecular formula is C21H10O7. The van der Waals surface area contributed by atoms with Crippen molar-refractivity contribution in [1.82, 2.24) is 0 Å². The van der Waals surface area contributed by atoms with Gasteiger partial charge in [0.1, 0.15) is 16.7 Å². The second-order valence-corrected chi connectivity index (χ2v) is 6.33. The van der Waals surface area contributed by atoms with Crippen molar-refractivity contribution in [2.24, 2.45) is 0 Å². The van der Waals surface area contributed by atoms with Crippen molar-refractivity contribution in [3.63, 3.8) is 0 Å². The number of hydrogen-bond acceptors (Lipinski definition) is 7. The monoisotopic (exact) mass is 374 g/mol. The molecule has 136 valence electrons. The third-order valence-electron chi connectivity index (χ3n) is 4.63. The van der Waals surface area contributed by atoms with Gasteiger partial charge in [0.15, 0.2) is 11.3 Å². The summed E-state index contributed by atoms with van der Waals surface area (Å²) in [6.45, 7) is 1.19. The summed E-state index contributed by atoms with van der Waals surface area (Å²) in [6.07, 6.45) is 0. The van der Waals surface area contributed by atoms with Crippen molar-refractivity contribution in [3.05, 3.63) is 75.3 Å². The van der Waals surface area contributed by atoms with Gasteiger partial charge in [-0.05, 0) is 24.3 Å². The molecule has 28 heavy (non-hydrogen) atoms. The molecule has 0 amide bonds. The van der Waals surface area contributed by atoms with Gasteiger partial charge in [-0.1, -0.05) is 18.2 Å². The van der Waals surface area contributed by atoms with E-state index in [1.165, 1.54) is 25.1 Å². The molecule has 5 rings (SSSR count). The van der Waals surface area contributed by atoms with E-state index >= 15 is 0 Å². The lowest BCUT2D eigenvalue weighted by Crippen LogP contribution is -2.22. The number of esters is 1. The molecule has 0 unspecified atom stereocenters. The molecule has 1 aliphatic rings. The van der Waals surface area contributed by atoms with Crippen molar-refractivity contribution in [2.75, 3.05) is 0 Å². The van der Waals surface area contributed by atoms with Gasteiger partial charge in [0.05, 0.1) is 16.5 Å². The van der Waals surface area contributed by atoms with Crippen molar-refractivity contribution >= 4 is 39.5 Å². The van der Waals surface area contributed by atoms with Crippen LogP contribution in [0.15, 0.2) is 56.1 Å². The first-order valence-corrected chi connectivity index (χ1v) is 8.36. The van der Waals surface area contributed by atoms with Gasteiger partial charge in [-0.25, -0.2) is 4.79 Å². The van der Waals surface area contributed by atoms with Crippen LogP contribution in [-0.2, 0) is 4.79 Å². The van der Waals surface area contributed by atoms with Gasteiger partial charge in [-0.3, -0.25) is 14.4 Å². The standard InChI is InChI=1S/C21H10O7/c1-9(22)26-13-8-4-6-11-14(13)18(24)15-16-19(28-20(15)17(11)23)10-5-2-3-7-12(10)27-21(16)25/h2-8H,1H3. The van der Waals surface area contributed by atoms with Crippen LogP contribution < -0.4 is 10.4 Å². The molecule has 0 N–H and O–H groups in total. The fourth-order valence-corrected chi connectivity index (χ4v) is 3.53. The van der Waals surface area contributed by atoms with E-state index in [0.717, 1.165) is 0 Å². The van der Waals surface area contributed by atoms with Crippen molar-refractivity contribution in [2.45, 2.75) is 6.92 Å². The second-order valence-electron chi connectivity index (χ2n) is 6.33. The van der Waals surface area contributed by atoms with Crippen LogP contribution in [0.1, 0.15) is 39.0 Å². The van der Waals surface area contributed by atoms with Crippen LogP contribution >= 0.6 is 0 Å². The summed E-state index contributed by atoms with van der Waals surface area (Å²) in [4.78, 5) is 50.2. The molecule has 2 heterocycles. The minimum Gasteiger partial charge on any atom is -0.451 e. The maximum Gasteiger partial charge on any atom is 0.348 e. The number of carbonyl (C=O) groups excluding carboxylic acids is 3.